The van der Waals surface area contributed by atoms with E-state index >= 15 is 0 Å². The van der Waals surface area contributed by atoms with E-state index in [-0.39, 0.29) is 0 Å². The lowest BCUT2D eigenvalue weighted by molar-refractivity contribution is 0.687. The molecule has 0 fully saturated rings. The van der Waals surface area contributed by atoms with E-state index in [1.807, 2.05) is 30.3 Å². The Hall–Kier alpha value is 0.0600. The van der Waals surface area contributed by atoms with Crippen LogP contribution in [0.15, 0.2) is 39.7 Å². The first-order chi connectivity index (χ1) is 7.11. The highest BCUT2D eigenvalue weighted by atomic mass is 127. The van der Waals surface area contributed by atoms with Crippen molar-refractivity contribution in [2.45, 2.75) is 4.90 Å². The van der Waals surface area contributed by atoms with Gasteiger partial charge in [0.15, 0.2) is 0 Å². The molecule has 2 aromatic rings. The summed E-state index contributed by atoms with van der Waals surface area (Å²) in [5.41, 5.74) is 0. The van der Waals surface area contributed by atoms with E-state index in [1.165, 1.54) is 0 Å². The molecule has 0 radical (unpaired) electrons. The van der Waals surface area contributed by atoms with Gasteiger partial charge in [-0.15, -0.1) is 0 Å². The molecule has 0 bridgehead atoms. The Kier molecular flexibility index (Phi) is 3.47. The largest absolute Gasteiger partial charge is 0.255 e. The van der Waals surface area contributed by atoms with E-state index in [0.717, 1.165) is 23.7 Å². The number of hydrogen-bond acceptors (Lipinski definition) is 1. The zero-order valence-corrected chi connectivity index (χ0v) is 12.5. The normalized spacial score (nSPS) is 13.0. The molecule has 2 rings (SSSR count). The molecule has 2 aromatic carbocycles. The average Bonchev–Trinajstić information content (AvgIpc) is 2.19. The molecule has 78 valence electrons. The summed E-state index contributed by atoms with van der Waals surface area (Å²) in [6.45, 7) is 0. The van der Waals surface area contributed by atoms with Crippen molar-refractivity contribution in [3.63, 3.8) is 0 Å². The first kappa shape index (κ1) is 11.5. The number of halogens is 2. The molecule has 0 saturated carbocycles. The highest BCUT2D eigenvalue weighted by molar-refractivity contribution is 14.1. The molecular weight excluding hydrogens is 387 g/mol. The van der Waals surface area contributed by atoms with Crippen LogP contribution in [0.2, 0.25) is 0 Å². The van der Waals surface area contributed by atoms with Gasteiger partial charge in [0.05, 0.1) is 10.8 Å². The fraction of sp³-hybridized carbons (Fsp3) is 0.0909. The third-order valence-corrected chi connectivity index (χ3v) is 4.76. The maximum absolute atomic E-state index is 11.6. The summed E-state index contributed by atoms with van der Waals surface area (Å²) in [4.78, 5) is 0.901. The Morgan fingerprint density at radius 1 is 1.27 bits per heavy atom. The smallest absolute Gasteiger partial charge is 0.0504 e. The minimum Gasteiger partial charge on any atom is -0.255 e. The average molecular weight is 395 g/mol. The second-order valence-corrected chi connectivity index (χ2v) is 6.53. The van der Waals surface area contributed by atoms with Crippen LogP contribution in [0.25, 0.3) is 10.8 Å². The number of benzene rings is 2. The van der Waals surface area contributed by atoms with Crippen LogP contribution in [-0.2, 0) is 10.8 Å². The molecule has 0 aliphatic heterocycles. The monoisotopic (exact) mass is 394 g/mol. The molecule has 0 N–H and O–H groups in total. The van der Waals surface area contributed by atoms with Crippen LogP contribution >= 0.6 is 38.5 Å². The van der Waals surface area contributed by atoms with Crippen LogP contribution < -0.4 is 0 Å². The Morgan fingerprint density at radius 2 is 2.00 bits per heavy atom. The van der Waals surface area contributed by atoms with Crippen LogP contribution in [0.4, 0.5) is 0 Å². The Morgan fingerprint density at radius 3 is 2.67 bits per heavy atom. The molecule has 0 aromatic heterocycles. The van der Waals surface area contributed by atoms with Crippen LogP contribution in [0.1, 0.15) is 0 Å². The standard InChI is InChI=1S/C11H8BrIOS/c1-15(14)10-6-5-8(12)7-3-2-4-9(13)11(7)10/h2-6H,1H3. The molecule has 0 spiro atoms. The summed E-state index contributed by atoms with van der Waals surface area (Å²) in [6, 6.07) is 9.96. The van der Waals surface area contributed by atoms with Crippen molar-refractivity contribution in [2.75, 3.05) is 6.26 Å². The number of hydrogen-bond donors (Lipinski definition) is 0. The highest BCUT2D eigenvalue weighted by Gasteiger charge is 2.09. The number of fused-ring (bicyclic) bond motifs is 1. The molecular formula is C11H8BrIOS. The van der Waals surface area contributed by atoms with Gasteiger partial charge in [-0.25, -0.2) is 0 Å². The van der Waals surface area contributed by atoms with E-state index in [9.17, 15) is 4.21 Å². The van der Waals surface area contributed by atoms with E-state index in [4.69, 9.17) is 0 Å². The summed E-state index contributed by atoms with van der Waals surface area (Å²) in [5, 5.41) is 2.21. The lowest BCUT2D eigenvalue weighted by Gasteiger charge is -2.07. The maximum Gasteiger partial charge on any atom is 0.0504 e. The van der Waals surface area contributed by atoms with Crippen molar-refractivity contribution >= 4 is 60.1 Å². The minimum atomic E-state index is -0.948. The molecule has 1 unspecified atom stereocenters. The molecule has 0 aliphatic carbocycles. The second kappa shape index (κ2) is 4.51. The first-order valence-electron chi connectivity index (χ1n) is 4.31. The molecule has 4 heteroatoms. The van der Waals surface area contributed by atoms with Crippen molar-refractivity contribution in [3.8, 4) is 0 Å². The molecule has 1 nitrogen and oxygen atoms in total. The Bertz CT molecular complexity index is 554. The van der Waals surface area contributed by atoms with Gasteiger partial charge in [-0.1, -0.05) is 28.1 Å². The third-order valence-electron chi connectivity index (χ3n) is 2.21. The predicted octanol–water partition coefficient (Wildman–Crippen LogP) is 3.94. The van der Waals surface area contributed by atoms with E-state index < -0.39 is 10.8 Å². The van der Waals surface area contributed by atoms with Gasteiger partial charge in [0.1, 0.15) is 0 Å². The van der Waals surface area contributed by atoms with Crippen molar-refractivity contribution in [3.05, 3.63) is 38.4 Å². The summed E-state index contributed by atoms with van der Waals surface area (Å²) < 4.78 is 13.8. The topological polar surface area (TPSA) is 17.1 Å². The summed E-state index contributed by atoms with van der Waals surface area (Å²) >= 11 is 5.79. The molecule has 15 heavy (non-hydrogen) atoms. The van der Waals surface area contributed by atoms with Crippen molar-refractivity contribution in [2.24, 2.45) is 0 Å². The van der Waals surface area contributed by atoms with Crippen LogP contribution in [0, 0.1) is 3.57 Å². The van der Waals surface area contributed by atoms with Crippen LogP contribution in [0.3, 0.4) is 0 Å². The van der Waals surface area contributed by atoms with Gasteiger partial charge in [-0.05, 0) is 46.2 Å². The zero-order chi connectivity index (χ0) is 11.0. The lowest BCUT2D eigenvalue weighted by atomic mass is 10.1. The van der Waals surface area contributed by atoms with E-state index in [2.05, 4.69) is 38.5 Å². The molecule has 1 atom stereocenters. The van der Waals surface area contributed by atoms with Gasteiger partial charge < -0.3 is 0 Å². The Balaban J connectivity index is 2.96. The van der Waals surface area contributed by atoms with E-state index in [1.54, 1.807) is 6.26 Å². The summed E-state index contributed by atoms with van der Waals surface area (Å²) in [7, 11) is -0.948. The van der Waals surface area contributed by atoms with Gasteiger partial charge in [0.25, 0.3) is 0 Å². The van der Waals surface area contributed by atoms with Crippen molar-refractivity contribution in [1.82, 2.24) is 0 Å². The van der Waals surface area contributed by atoms with Crippen LogP contribution in [-0.4, -0.2) is 10.5 Å². The van der Waals surface area contributed by atoms with Gasteiger partial charge >= 0.3 is 0 Å². The minimum absolute atomic E-state index is 0.901. The fourth-order valence-corrected chi connectivity index (χ4v) is 3.74. The maximum atomic E-state index is 11.6. The SMILES string of the molecule is CS(=O)c1ccc(Br)c2cccc(I)c12. The van der Waals surface area contributed by atoms with Gasteiger partial charge in [-0.2, -0.15) is 0 Å². The summed E-state index contributed by atoms with van der Waals surface area (Å²) in [5.74, 6) is 0. The van der Waals surface area contributed by atoms with Crippen LogP contribution in [0.5, 0.6) is 0 Å². The van der Waals surface area contributed by atoms with Gasteiger partial charge in [0.2, 0.25) is 0 Å². The lowest BCUT2D eigenvalue weighted by Crippen LogP contribution is -1.91. The molecule has 0 amide bonds. The highest BCUT2D eigenvalue weighted by Crippen LogP contribution is 2.31. The van der Waals surface area contributed by atoms with E-state index in [0.29, 0.717) is 0 Å². The van der Waals surface area contributed by atoms with Gasteiger partial charge in [0, 0.05) is 24.6 Å². The quantitative estimate of drug-likeness (QED) is 0.669. The van der Waals surface area contributed by atoms with Crippen molar-refractivity contribution < 1.29 is 4.21 Å². The fourth-order valence-electron chi connectivity index (χ4n) is 1.54. The first-order valence-corrected chi connectivity index (χ1v) is 7.74. The predicted molar refractivity (Wildman–Crippen MR) is 76.7 cm³/mol. The zero-order valence-electron chi connectivity index (χ0n) is 7.96. The number of rotatable bonds is 1. The molecule has 0 heterocycles. The molecule has 0 saturated heterocycles. The summed E-state index contributed by atoms with van der Waals surface area (Å²) in [6.07, 6.45) is 1.71. The Labute approximate surface area is 113 Å². The molecule has 0 aliphatic rings. The third kappa shape index (κ3) is 2.12. The second-order valence-electron chi connectivity index (χ2n) is 3.16. The van der Waals surface area contributed by atoms with Crippen molar-refractivity contribution in [1.29, 1.82) is 0 Å². The van der Waals surface area contributed by atoms with Gasteiger partial charge in [-0.3, -0.25) is 4.21 Å².